The third kappa shape index (κ3) is 3.18. The van der Waals surface area contributed by atoms with Crippen LogP contribution in [0, 0.1) is 0 Å². The number of hydrogen-bond acceptors (Lipinski definition) is 5. The molecule has 1 unspecified atom stereocenters. The van der Waals surface area contributed by atoms with E-state index in [0.717, 1.165) is 0 Å². The molecule has 0 aromatic carbocycles. The lowest BCUT2D eigenvalue weighted by atomic mass is 10.3. The molecule has 1 heterocycles. The molecule has 0 saturated carbocycles. The molecule has 17 heavy (non-hydrogen) atoms. The summed E-state index contributed by atoms with van der Waals surface area (Å²) in [6, 6.07) is -0.278. The van der Waals surface area contributed by atoms with Gasteiger partial charge in [0.2, 0.25) is 0 Å². The minimum atomic E-state index is -3.67. The summed E-state index contributed by atoms with van der Waals surface area (Å²) in [4.78, 5) is 3.75. The second kappa shape index (κ2) is 5.48. The van der Waals surface area contributed by atoms with E-state index in [1.165, 1.54) is 18.0 Å². The van der Waals surface area contributed by atoms with Gasteiger partial charge < -0.3 is 15.0 Å². The summed E-state index contributed by atoms with van der Waals surface area (Å²) in [5.41, 5.74) is 5.54. The Morgan fingerprint density at radius 1 is 1.65 bits per heavy atom. The predicted molar refractivity (Wildman–Crippen MR) is 63.9 cm³/mol. The van der Waals surface area contributed by atoms with E-state index in [1.807, 2.05) is 6.92 Å². The van der Waals surface area contributed by atoms with Crippen LogP contribution in [0.5, 0.6) is 0 Å². The molecule has 98 valence electrons. The Kier molecular flexibility index (Phi) is 4.49. The Morgan fingerprint density at radius 3 is 2.71 bits per heavy atom. The van der Waals surface area contributed by atoms with Gasteiger partial charge in [0.05, 0.1) is 12.9 Å². The quantitative estimate of drug-likeness (QED) is 0.733. The zero-order chi connectivity index (χ0) is 13.1. The summed E-state index contributed by atoms with van der Waals surface area (Å²) in [6.45, 7) is 2.19. The molecule has 0 amide bonds. The van der Waals surface area contributed by atoms with Crippen LogP contribution in [0.3, 0.4) is 0 Å². The Hall–Kier alpha value is -1.12. The highest BCUT2D eigenvalue weighted by molar-refractivity contribution is 7.89. The number of nitrogen functional groups attached to an aromatic ring is 1. The number of aryl methyl sites for hydroxylation is 1. The van der Waals surface area contributed by atoms with Crippen molar-refractivity contribution < 1.29 is 13.2 Å². The molecule has 0 aliphatic carbocycles. The van der Waals surface area contributed by atoms with Gasteiger partial charge in [0, 0.05) is 20.2 Å². The van der Waals surface area contributed by atoms with E-state index < -0.39 is 10.0 Å². The van der Waals surface area contributed by atoms with E-state index in [0.29, 0.717) is 13.0 Å². The fourth-order valence-corrected chi connectivity index (χ4v) is 3.02. The van der Waals surface area contributed by atoms with Crippen molar-refractivity contribution in [2.24, 2.45) is 7.05 Å². The Morgan fingerprint density at radius 2 is 2.29 bits per heavy atom. The van der Waals surface area contributed by atoms with Crippen LogP contribution in [0.4, 0.5) is 5.82 Å². The van der Waals surface area contributed by atoms with Crippen LogP contribution in [0.1, 0.15) is 13.3 Å². The SMILES string of the molecule is CCC(COC)NS(=O)(=O)c1c(N)ncn1C. The Labute approximate surface area is 101 Å². The average molecular weight is 262 g/mol. The van der Waals surface area contributed by atoms with Gasteiger partial charge in [-0.1, -0.05) is 6.92 Å². The molecule has 0 aliphatic rings. The fraction of sp³-hybridized carbons (Fsp3) is 0.667. The van der Waals surface area contributed by atoms with E-state index in [1.54, 1.807) is 7.05 Å². The molecule has 1 atom stereocenters. The number of rotatable bonds is 6. The lowest BCUT2D eigenvalue weighted by Crippen LogP contribution is -2.38. The average Bonchev–Trinajstić information content (AvgIpc) is 2.58. The lowest BCUT2D eigenvalue weighted by Gasteiger charge is -2.16. The minimum Gasteiger partial charge on any atom is -0.383 e. The van der Waals surface area contributed by atoms with E-state index >= 15 is 0 Å². The van der Waals surface area contributed by atoms with Crippen molar-refractivity contribution in [3.8, 4) is 0 Å². The first-order chi connectivity index (χ1) is 7.92. The van der Waals surface area contributed by atoms with Crippen molar-refractivity contribution in [3.05, 3.63) is 6.33 Å². The van der Waals surface area contributed by atoms with Gasteiger partial charge in [0.25, 0.3) is 10.0 Å². The molecule has 0 aliphatic heterocycles. The molecule has 8 heteroatoms. The van der Waals surface area contributed by atoms with Crippen molar-refractivity contribution >= 4 is 15.8 Å². The molecule has 7 nitrogen and oxygen atoms in total. The molecule has 0 radical (unpaired) electrons. The zero-order valence-corrected chi connectivity index (χ0v) is 11.0. The summed E-state index contributed by atoms with van der Waals surface area (Å²) >= 11 is 0. The van der Waals surface area contributed by atoms with Crippen LogP contribution in [-0.2, 0) is 21.8 Å². The number of nitrogens with two attached hydrogens (primary N) is 1. The van der Waals surface area contributed by atoms with Crippen LogP contribution < -0.4 is 10.5 Å². The van der Waals surface area contributed by atoms with Gasteiger partial charge in [0.15, 0.2) is 10.8 Å². The number of methoxy groups -OCH3 is 1. The summed E-state index contributed by atoms with van der Waals surface area (Å²) in [7, 11) is -0.565. The van der Waals surface area contributed by atoms with Gasteiger partial charge >= 0.3 is 0 Å². The maximum Gasteiger partial charge on any atom is 0.260 e. The summed E-state index contributed by atoms with van der Waals surface area (Å²) in [5, 5.41) is -0.0212. The standard InChI is InChI=1S/C9H18N4O3S/c1-4-7(5-16-3)12-17(14,15)9-8(10)11-6-13(9)2/h6-7,12H,4-5,10H2,1-3H3. The molecule has 3 N–H and O–H groups in total. The van der Waals surface area contributed by atoms with Gasteiger partial charge in [-0.25, -0.2) is 18.1 Å². The highest BCUT2D eigenvalue weighted by Crippen LogP contribution is 2.15. The molecular weight excluding hydrogens is 244 g/mol. The first-order valence-corrected chi connectivity index (χ1v) is 6.68. The minimum absolute atomic E-state index is 0.00716. The number of nitrogens with one attached hydrogen (secondary N) is 1. The molecule has 0 spiro atoms. The molecule has 1 aromatic rings. The van der Waals surface area contributed by atoms with E-state index in [9.17, 15) is 8.42 Å². The van der Waals surface area contributed by atoms with E-state index in [4.69, 9.17) is 10.5 Å². The zero-order valence-electron chi connectivity index (χ0n) is 10.2. The Balaban J connectivity index is 2.96. The second-order valence-electron chi connectivity index (χ2n) is 3.73. The van der Waals surface area contributed by atoms with Crippen LogP contribution in [0.15, 0.2) is 11.4 Å². The van der Waals surface area contributed by atoms with E-state index in [2.05, 4.69) is 9.71 Å². The second-order valence-corrected chi connectivity index (χ2v) is 5.36. The third-order valence-electron chi connectivity index (χ3n) is 2.35. The first-order valence-electron chi connectivity index (χ1n) is 5.20. The van der Waals surface area contributed by atoms with Crippen LogP contribution in [-0.4, -0.2) is 37.7 Å². The fourth-order valence-electron chi connectivity index (χ4n) is 1.48. The summed E-state index contributed by atoms with van der Waals surface area (Å²) in [6.07, 6.45) is 1.99. The van der Waals surface area contributed by atoms with Crippen molar-refractivity contribution in [1.29, 1.82) is 0 Å². The maximum atomic E-state index is 12.1. The number of imidazole rings is 1. The van der Waals surface area contributed by atoms with Crippen LogP contribution >= 0.6 is 0 Å². The van der Waals surface area contributed by atoms with Gasteiger partial charge in [-0.15, -0.1) is 0 Å². The molecule has 0 fully saturated rings. The summed E-state index contributed by atoms with van der Waals surface area (Å²) < 4.78 is 33.0. The number of anilines is 1. The van der Waals surface area contributed by atoms with Gasteiger partial charge in [-0.3, -0.25) is 0 Å². The van der Waals surface area contributed by atoms with Crippen LogP contribution in [0.25, 0.3) is 0 Å². The molecular formula is C9H18N4O3S. The predicted octanol–water partition coefficient (Wildman–Crippen LogP) is -0.294. The van der Waals surface area contributed by atoms with Crippen LogP contribution in [0.2, 0.25) is 0 Å². The van der Waals surface area contributed by atoms with Crippen molar-refractivity contribution in [2.75, 3.05) is 19.5 Å². The number of ether oxygens (including phenoxy) is 1. The normalized spacial score (nSPS) is 13.8. The smallest absolute Gasteiger partial charge is 0.260 e. The number of nitrogens with zero attached hydrogens (tertiary/aromatic N) is 2. The van der Waals surface area contributed by atoms with Crippen molar-refractivity contribution in [2.45, 2.75) is 24.4 Å². The van der Waals surface area contributed by atoms with Gasteiger partial charge in [-0.2, -0.15) is 0 Å². The highest BCUT2D eigenvalue weighted by Gasteiger charge is 2.25. The largest absolute Gasteiger partial charge is 0.383 e. The van der Waals surface area contributed by atoms with Crippen molar-refractivity contribution in [1.82, 2.24) is 14.3 Å². The van der Waals surface area contributed by atoms with Crippen molar-refractivity contribution in [3.63, 3.8) is 0 Å². The first kappa shape index (κ1) is 13.9. The number of aromatic nitrogens is 2. The molecule has 0 saturated heterocycles. The molecule has 1 rings (SSSR count). The topological polar surface area (TPSA) is 99.2 Å². The number of sulfonamides is 1. The summed E-state index contributed by atoms with van der Waals surface area (Å²) in [5.74, 6) is -0.00716. The van der Waals surface area contributed by atoms with Gasteiger partial charge in [-0.05, 0) is 6.42 Å². The maximum absolute atomic E-state index is 12.1. The van der Waals surface area contributed by atoms with Gasteiger partial charge in [0.1, 0.15) is 0 Å². The molecule has 0 bridgehead atoms. The monoisotopic (exact) mass is 262 g/mol. The number of hydrogen-bond donors (Lipinski definition) is 2. The third-order valence-corrected chi connectivity index (χ3v) is 4.00. The molecule has 1 aromatic heterocycles. The highest BCUT2D eigenvalue weighted by atomic mass is 32.2. The Bertz CT molecular complexity index is 449. The lowest BCUT2D eigenvalue weighted by molar-refractivity contribution is 0.173. The van der Waals surface area contributed by atoms with E-state index in [-0.39, 0.29) is 16.9 Å².